The molecule has 0 saturated carbocycles. The van der Waals surface area contributed by atoms with E-state index in [4.69, 9.17) is 5.11 Å². The summed E-state index contributed by atoms with van der Waals surface area (Å²) in [7, 11) is 0. The fourth-order valence-electron chi connectivity index (χ4n) is 2.73. The van der Waals surface area contributed by atoms with Gasteiger partial charge in [-0.05, 0) is 18.1 Å². The number of ketones is 1. The second-order valence-corrected chi connectivity index (χ2v) is 6.46. The Morgan fingerprint density at radius 2 is 1.32 bits per heavy atom. The Kier molecular flexibility index (Phi) is 6.90. The van der Waals surface area contributed by atoms with E-state index < -0.39 is 11.9 Å². The maximum atomic E-state index is 12.6. The smallest absolute Gasteiger partial charge is 0.306 e. The average molecular weight is 339 g/mol. The lowest BCUT2D eigenvalue weighted by Gasteiger charge is -2.29. The largest absolute Gasteiger partial charge is 0.481 e. The molecule has 0 aliphatic rings. The number of hydrogen-bond acceptors (Lipinski definition) is 3. The van der Waals surface area contributed by atoms with Crippen LogP contribution in [0.5, 0.6) is 0 Å². The van der Waals surface area contributed by atoms with Gasteiger partial charge in [0, 0.05) is 19.5 Å². The topological polar surface area (TPSA) is 57.6 Å². The third-order valence-electron chi connectivity index (χ3n) is 4.40. The van der Waals surface area contributed by atoms with Crippen LogP contribution in [0.1, 0.15) is 31.4 Å². The predicted molar refractivity (Wildman–Crippen MR) is 98.0 cm³/mol. The van der Waals surface area contributed by atoms with Crippen LogP contribution in [0.15, 0.2) is 60.7 Å². The normalized spacial score (nSPS) is 13.4. The third kappa shape index (κ3) is 5.84. The van der Waals surface area contributed by atoms with Crippen molar-refractivity contribution in [1.29, 1.82) is 0 Å². The van der Waals surface area contributed by atoms with E-state index in [1.54, 1.807) is 6.92 Å². The Labute approximate surface area is 149 Å². The van der Waals surface area contributed by atoms with Gasteiger partial charge in [0.2, 0.25) is 0 Å². The molecule has 4 nitrogen and oxygen atoms in total. The molecule has 0 fully saturated rings. The quantitative estimate of drug-likeness (QED) is 0.756. The van der Waals surface area contributed by atoms with Crippen LogP contribution in [0, 0.1) is 5.92 Å². The van der Waals surface area contributed by atoms with Crippen molar-refractivity contribution >= 4 is 11.8 Å². The maximum Gasteiger partial charge on any atom is 0.306 e. The zero-order valence-electron chi connectivity index (χ0n) is 14.8. The number of carbonyl (C=O) groups excluding carboxylic acids is 1. The van der Waals surface area contributed by atoms with Crippen LogP contribution in [0.3, 0.4) is 0 Å². The number of carboxylic acids is 1. The van der Waals surface area contributed by atoms with E-state index in [-0.39, 0.29) is 18.2 Å². The predicted octanol–water partition coefficient (Wildman–Crippen LogP) is 3.76. The fraction of sp³-hybridized carbons (Fsp3) is 0.333. The van der Waals surface area contributed by atoms with Gasteiger partial charge in [-0.25, -0.2) is 0 Å². The van der Waals surface area contributed by atoms with Gasteiger partial charge < -0.3 is 5.11 Å². The number of aliphatic carboxylic acids is 1. The molecule has 2 aromatic carbocycles. The monoisotopic (exact) mass is 339 g/mol. The number of carboxylic acid groups (broad SMARTS) is 1. The Hall–Kier alpha value is -2.46. The van der Waals surface area contributed by atoms with Crippen molar-refractivity contribution in [3.05, 3.63) is 71.8 Å². The molecule has 0 aliphatic heterocycles. The molecule has 0 radical (unpaired) electrons. The summed E-state index contributed by atoms with van der Waals surface area (Å²) in [5, 5.41) is 9.06. The van der Waals surface area contributed by atoms with Crippen molar-refractivity contribution in [3.63, 3.8) is 0 Å². The highest BCUT2D eigenvalue weighted by Crippen LogP contribution is 2.16. The SMILES string of the molecule is CC(CC(=O)[C@H](C)N(Cc1ccccc1)Cc1ccccc1)C(=O)O. The molecule has 1 unspecified atom stereocenters. The van der Waals surface area contributed by atoms with Crippen LogP contribution in [0.4, 0.5) is 0 Å². The average Bonchev–Trinajstić information content (AvgIpc) is 2.62. The van der Waals surface area contributed by atoms with E-state index >= 15 is 0 Å². The molecule has 0 aliphatic carbocycles. The first-order chi connectivity index (χ1) is 12.0. The van der Waals surface area contributed by atoms with Crippen molar-refractivity contribution in [3.8, 4) is 0 Å². The van der Waals surface area contributed by atoms with E-state index in [0.29, 0.717) is 13.1 Å². The van der Waals surface area contributed by atoms with Crippen LogP contribution in [0.2, 0.25) is 0 Å². The molecule has 2 rings (SSSR count). The van der Waals surface area contributed by atoms with Crippen LogP contribution >= 0.6 is 0 Å². The van der Waals surface area contributed by atoms with Gasteiger partial charge in [0.25, 0.3) is 0 Å². The Morgan fingerprint density at radius 3 is 1.72 bits per heavy atom. The lowest BCUT2D eigenvalue weighted by atomic mass is 9.99. The number of rotatable bonds is 9. The van der Waals surface area contributed by atoms with Crippen molar-refractivity contribution in [2.45, 2.75) is 39.4 Å². The molecule has 4 heteroatoms. The van der Waals surface area contributed by atoms with Gasteiger partial charge in [-0.15, -0.1) is 0 Å². The second-order valence-electron chi connectivity index (χ2n) is 6.46. The molecule has 132 valence electrons. The minimum absolute atomic E-state index is 0.0400. The molecule has 0 aromatic heterocycles. The number of carbonyl (C=O) groups is 2. The number of benzene rings is 2. The van der Waals surface area contributed by atoms with E-state index in [1.165, 1.54) is 0 Å². The lowest BCUT2D eigenvalue weighted by Crippen LogP contribution is -2.39. The molecule has 2 atom stereocenters. The van der Waals surface area contributed by atoms with Crippen LogP contribution in [-0.2, 0) is 22.7 Å². The summed E-state index contributed by atoms with van der Waals surface area (Å²) < 4.78 is 0. The first kappa shape index (κ1) is 18.9. The van der Waals surface area contributed by atoms with Crippen molar-refractivity contribution in [2.75, 3.05) is 0 Å². The summed E-state index contributed by atoms with van der Waals surface area (Å²) in [5.74, 6) is -1.63. The first-order valence-electron chi connectivity index (χ1n) is 8.54. The van der Waals surface area contributed by atoms with E-state index in [0.717, 1.165) is 11.1 Å². The fourth-order valence-corrected chi connectivity index (χ4v) is 2.73. The minimum atomic E-state index is -0.932. The molecular weight excluding hydrogens is 314 g/mol. The van der Waals surface area contributed by atoms with Gasteiger partial charge >= 0.3 is 5.97 Å². The van der Waals surface area contributed by atoms with Crippen molar-refractivity contribution in [2.24, 2.45) is 5.92 Å². The van der Waals surface area contributed by atoms with Crippen molar-refractivity contribution < 1.29 is 14.7 Å². The lowest BCUT2D eigenvalue weighted by molar-refractivity contribution is -0.143. The van der Waals surface area contributed by atoms with Gasteiger partial charge in [-0.3, -0.25) is 14.5 Å². The molecule has 0 heterocycles. The number of hydrogen-bond donors (Lipinski definition) is 1. The van der Waals surface area contributed by atoms with Crippen LogP contribution in [-0.4, -0.2) is 27.8 Å². The third-order valence-corrected chi connectivity index (χ3v) is 4.40. The molecule has 0 spiro atoms. The summed E-state index contributed by atoms with van der Waals surface area (Å²) in [6.45, 7) is 4.72. The molecule has 2 aromatic rings. The van der Waals surface area contributed by atoms with E-state index in [2.05, 4.69) is 4.90 Å². The highest BCUT2D eigenvalue weighted by molar-refractivity contribution is 5.87. The number of Topliss-reactive ketones (excluding diaryl/α,β-unsaturated/α-hetero) is 1. The number of nitrogens with zero attached hydrogens (tertiary/aromatic N) is 1. The Morgan fingerprint density at radius 1 is 0.880 bits per heavy atom. The molecule has 0 bridgehead atoms. The Balaban J connectivity index is 2.14. The van der Waals surface area contributed by atoms with Gasteiger partial charge in [0.1, 0.15) is 0 Å². The molecule has 25 heavy (non-hydrogen) atoms. The summed E-state index contributed by atoms with van der Waals surface area (Å²) in [6.07, 6.45) is 0.0522. The highest BCUT2D eigenvalue weighted by Gasteiger charge is 2.25. The van der Waals surface area contributed by atoms with Gasteiger partial charge in [-0.1, -0.05) is 67.6 Å². The molecule has 1 N–H and O–H groups in total. The van der Waals surface area contributed by atoms with E-state index in [1.807, 2.05) is 67.6 Å². The Bertz CT molecular complexity index is 643. The van der Waals surface area contributed by atoms with Gasteiger partial charge in [0.05, 0.1) is 12.0 Å². The standard InChI is InChI=1S/C21H25NO3/c1-16(21(24)25)13-20(23)17(2)22(14-18-9-5-3-6-10-18)15-19-11-7-4-8-12-19/h3-12,16-17H,13-15H2,1-2H3,(H,24,25)/t16?,17-/m0/s1. The first-order valence-corrected chi connectivity index (χ1v) is 8.54. The van der Waals surface area contributed by atoms with Crippen LogP contribution in [0.25, 0.3) is 0 Å². The van der Waals surface area contributed by atoms with Crippen LogP contribution < -0.4 is 0 Å². The molecular formula is C21H25NO3. The van der Waals surface area contributed by atoms with Gasteiger partial charge in [-0.2, -0.15) is 0 Å². The van der Waals surface area contributed by atoms with E-state index in [9.17, 15) is 9.59 Å². The zero-order valence-corrected chi connectivity index (χ0v) is 14.8. The van der Waals surface area contributed by atoms with Gasteiger partial charge in [0.15, 0.2) is 5.78 Å². The molecule has 0 saturated heterocycles. The second kappa shape index (κ2) is 9.14. The zero-order chi connectivity index (χ0) is 18.2. The van der Waals surface area contributed by atoms with Crippen molar-refractivity contribution in [1.82, 2.24) is 4.90 Å². The molecule has 0 amide bonds. The summed E-state index contributed by atoms with van der Waals surface area (Å²) in [6, 6.07) is 19.7. The maximum absolute atomic E-state index is 12.6. The summed E-state index contributed by atoms with van der Waals surface area (Å²) in [5.41, 5.74) is 2.26. The minimum Gasteiger partial charge on any atom is -0.481 e. The summed E-state index contributed by atoms with van der Waals surface area (Å²) in [4.78, 5) is 25.7. The summed E-state index contributed by atoms with van der Waals surface area (Å²) >= 11 is 0. The highest BCUT2D eigenvalue weighted by atomic mass is 16.4.